The van der Waals surface area contributed by atoms with Gasteiger partial charge in [-0.3, -0.25) is 9.59 Å². The minimum atomic E-state index is -0.647. The molecule has 0 spiro atoms. The maximum absolute atomic E-state index is 13.0. The van der Waals surface area contributed by atoms with E-state index in [1.54, 1.807) is 11.0 Å². The quantitative estimate of drug-likeness (QED) is 0.742. The largest absolute Gasteiger partial charge is 0.503 e. The lowest BCUT2D eigenvalue weighted by Gasteiger charge is -2.28. The number of aliphatic hydroxyl groups is 1. The molecule has 28 heavy (non-hydrogen) atoms. The number of hydrogen-bond donors (Lipinski definition) is 1. The Morgan fingerprint density at radius 3 is 2.43 bits per heavy atom. The van der Waals surface area contributed by atoms with Crippen molar-refractivity contribution in [2.75, 3.05) is 27.2 Å². The summed E-state index contributed by atoms with van der Waals surface area (Å²) in [5.41, 5.74) is 2.02. The van der Waals surface area contributed by atoms with E-state index in [-0.39, 0.29) is 11.3 Å². The van der Waals surface area contributed by atoms with Crippen molar-refractivity contribution < 1.29 is 19.1 Å². The molecular formula is C22H26N2O4. The first-order valence-electron chi connectivity index (χ1n) is 9.38. The molecule has 1 atom stereocenters. The molecule has 0 saturated carbocycles. The number of benzene rings is 1. The third-order valence-corrected chi connectivity index (χ3v) is 5.00. The van der Waals surface area contributed by atoms with Gasteiger partial charge in [0.25, 0.3) is 5.91 Å². The van der Waals surface area contributed by atoms with Crippen LogP contribution in [0.25, 0.3) is 0 Å². The van der Waals surface area contributed by atoms with Crippen LogP contribution in [-0.2, 0) is 4.79 Å². The Kier molecular flexibility index (Phi) is 5.70. The first-order chi connectivity index (χ1) is 13.3. The highest BCUT2D eigenvalue weighted by molar-refractivity contribution is 6.15. The first kappa shape index (κ1) is 19.9. The molecule has 1 aromatic carbocycles. The lowest BCUT2D eigenvalue weighted by molar-refractivity contribution is -0.129. The highest BCUT2D eigenvalue weighted by atomic mass is 16.3. The summed E-state index contributed by atoms with van der Waals surface area (Å²) in [5, 5.41) is 10.5. The Morgan fingerprint density at radius 1 is 1.21 bits per heavy atom. The number of hydrogen-bond acceptors (Lipinski definition) is 5. The molecule has 2 aromatic rings. The van der Waals surface area contributed by atoms with Crippen molar-refractivity contribution >= 4 is 11.7 Å². The molecule has 1 aliphatic rings. The number of amides is 1. The van der Waals surface area contributed by atoms with E-state index in [4.69, 9.17) is 4.42 Å². The fourth-order valence-corrected chi connectivity index (χ4v) is 3.37. The van der Waals surface area contributed by atoms with Crippen molar-refractivity contribution in [1.82, 2.24) is 9.80 Å². The minimum absolute atomic E-state index is 0.0657. The predicted molar refractivity (Wildman–Crippen MR) is 106 cm³/mol. The maximum Gasteiger partial charge on any atom is 0.290 e. The second-order valence-corrected chi connectivity index (χ2v) is 7.59. The second-order valence-electron chi connectivity index (χ2n) is 7.59. The lowest BCUT2D eigenvalue weighted by Crippen LogP contribution is -2.36. The SMILES string of the molecule is CC(C)c1ccc([C@H]2C(C(=O)c3ccco3)=C(O)C(=O)N2CCN(C)C)cc1. The van der Waals surface area contributed by atoms with Gasteiger partial charge in [0.2, 0.25) is 5.78 Å². The van der Waals surface area contributed by atoms with E-state index in [0.717, 1.165) is 5.56 Å². The number of rotatable bonds is 7. The molecule has 1 amide bonds. The Bertz CT molecular complexity index is 880. The minimum Gasteiger partial charge on any atom is -0.503 e. The third-order valence-electron chi connectivity index (χ3n) is 5.00. The van der Waals surface area contributed by atoms with Gasteiger partial charge >= 0.3 is 0 Å². The summed E-state index contributed by atoms with van der Waals surface area (Å²) < 4.78 is 5.23. The molecule has 1 aliphatic heterocycles. The van der Waals surface area contributed by atoms with Crippen LogP contribution in [0.3, 0.4) is 0 Å². The molecule has 1 N–H and O–H groups in total. The van der Waals surface area contributed by atoms with E-state index >= 15 is 0 Å². The number of likely N-dealkylation sites (N-methyl/N-ethyl adjacent to an activating group) is 1. The average molecular weight is 382 g/mol. The average Bonchev–Trinajstić information content (AvgIpc) is 3.28. The molecule has 0 bridgehead atoms. The zero-order chi connectivity index (χ0) is 20.4. The first-order valence-corrected chi connectivity index (χ1v) is 9.38. The van der Waals surface area contributed by atoms with Gasteiger partial charge < -0.3 is 19.3 Å². The zero-order valence-electron chi connectivity index (χ0n) is 16.7. The van der Waals surface area contributed by atoms with Gasteiger partial charge in [-0.2, -0.15) is 0 Å². The second kappa shape index (κ2) is 8.02. The monoisotopic (exact) mass is 382 g/mol. The van der Waals surface area contributed by atoms with Crippen LogP contribution in [0.15, 0.2) is 58.4 Å². The van der Waals surface area contributed by atoms with Crippen LogP contribution in [0.2, 0.25) is 0 Å². The van der Waals surface area contributed by atoms with Gasteiger partial charge in [0, 0.05) is 13.1 Å². The molecule has 0 saturated heterocycles. The third kappa shape index (κ3) is 3.73. The zero-order valence-corrected chi connectivity index (χ0v) is 16.7. The fraction of sp³-hybridized carbons (Fsp3) is 0.364. The van der Waals surface area contributed by atoms with Gasteiger partial charge in [-0.05, 0) is 43.3 Å². The van der Waals surface area contributed by atoms with Gasteiger partial charge in [0.1, 0.15) is 0 Å². The molecule has 1 aromatic heterocycles. The summed E-state index contributed by atoms with van der Waals surface area (Å²) in [5.74, 6) is -1.03. The normalized spacial score (nSPS) is 17.3. The van der Waals surface area contributed by atoms with Crippen LogP contribution in [0.5, 0.6) is 0 Å². The van der Waals surface area contributed by atoms with Crippen LogP contribution < -0.4 is 0 Å². The molecule has 0 aliphatic carbocycles. The van der Waals surface area contributed by atoms with Crippen LogP contribution in [0, 0.1) is 0 Å². The van der Waals surface area contributed by atoms with Gasteiger partial charge in [0.05, 0.1) is 17.9 Å². The predicted octanol–water partition coefficient (Wildman–Crippen LogP) is 3.54. The van der Waals surface area contributed by atoms with Crippen molar-refractivity contribution in [2.45, 2.75) is 25.8 Å². The van der Waals surface area contributed by atoms with Crippen molar-refractivity contribution in [3.05, 3.63) is 70.9 Å². The summed E-state index contributed by atoms with van der Waals surface area (Å²) in [6.07, 6.45) is 1.40. The van der Waals surface area contributed by atoms with E-state index < -0.39 is 23.5 Å². The summed E-state index contributed by atoms with van der Waals surface area (Å²) in [6.45, 7) is 5.22. The molecule has 6 nitrogen and oxygen atoms in total. The van der Waals surface area contributed by atoms with Crippen LogP contribution in [0.1, 0.15) is 47.5 Å². The van der Waals surface area contributed by atoms with Crippen molar-refractivity contribution in [1.29, 1.82) is 0 Å². The van der Waals surface area contributed by atoms with E-state index in [1.165, 1.54) is 17.9 Å². The highest BCUT2D eigenvalue weighted by Gasteiger charge is 2.44. The van der Waals surface area contributed by atoms with E-state index in [1.807, 2.05) is 43.3 Å². The Labute approximate surface area is 165 Å². The van der Waals surface area contributed by atoms with E-state index in [9.17, 15) is 14.7 Å². The summed E-state index contributed by atoms with van der Waals surface area (Å²) >= 11 is 0. The van der Waals surface area contributed by atoms with Crippen molar-refractivity contribution in [3.63, 3.8) is 0 Å². The van der Waals surface area contributed by atoms with Crippen LogP contribution in [-0.4, -0.2) is 53.8 Å². The Morgan fingerprint density at radius 2 is 1.89 bits per heavy atom. The molecule has 0 radical (unpaired) electrons. The van der Waals surface area contributed by atoms with Crippen LogP contribution in [0.4, 0.5) is 0 Å². The number of Topliss-reactive ketones (excluding diaryl/α,β-unsaturated/α-hetero) is 1. The van der Waals surface area contributed by atoms with Crippen LogP contribution >= 0.6 is 0 Å². The summed E-state index contributed by atoms with van der Waals surface area (Å²) in [4.78, 5) is 29.3. The Balaban J connectivity index is 2.04. The fourth-order valence-electron chi connectivity index (χ4n) is 3.37. The molecule has 3 rings (SSSR count). The van der Waals surface area contributed by atoms with Gasteiger partial charge in [0.15, 0.2) is 11.5 Å². The molecule has 0 fully saturated rings. The molecular weight excluding hydrogens is 356 g/mol. The maximum atomic E-state index is 13.0. The smallest absolute Gasteiger partial charge is 0.290 e. The van der Waals surface area contributed by atoms with E-state index in [0.29, 0.717) is 19.0 Å². The Hall–Kier alpha value is -2.86. The van der Waals surface area contributed by atoms with E-state index in [2.05, 4.69) is 13.8 Å². The molecule has 148 valence electrons. The lowest BCUT2D eigenvalue weighted by atomic mass is 9.93. The number of aliphatic hydroxyl groups excluding tert-OH is 1. The molecule has 6 heteroatoms. The highest BCUT2D eigenvalue weighted by Crippen LogP contribution is 2.39. The number of nitrogens with zero attached hydrogens (tertiary/aromatic N) is 2. The van der Waals surface area contributed by atoms with Gasteiger partial charge in [-0.25, -0.2) is 0 Å². The van der Waals surface area contributed by atoms with Gasteiger partial charge in [-0.1, -0.05) is 38.1 Å². The summed E-state index contributed by atoms with van der Waals surface area (Å²) in [6, 6.07) is 10.3. The van der Waals surface area contributed by atoms with Crippen molar-refractivity contribution in [3.8, 4) is 0 Å². The topological polar surface area (TPSA) is 74.0 Å². The molecule has 2 heterocycles. The van der Waals surface area contributed by atoms with Gasteiger partial charge in [-0.15, -0.1) is 0 Å². The summed E-state index contributed by atoms with van der Waals surface area (Å²) in [7, 11) is 3.82. The standard InChI is InChI=1S/C22H26N2O4/c1-14(2)15-7-9-16(10-8-15)19-18(20(25)17-6-5-13-28-17)21(26)22(27)24(19)12-11-23(3)4/h5-10,13-14,19,26H,11-12H2,1-4H3/t19-/m0/s1. The number of furan rings is 1. The molecule has 0 unspecified atom stereocenters. The number of carbonyl (C=O) groups excluding carboxylic acids is 2. The van der Waals surface area contributed by atoms with Crippen molar-refractivity contribution in [2.24, 2.45) is 0 Å². The number of ketones is 1. The number of carbonyl (C=O) groups is 2.